The van der Waals surface area contributed by atoms with Crippen molar-refractivity contribution in [2.45, 2.75) is 32.9 Å². The molecule has 5 nitrogen and oxygen atoms in total. The highest BCUT2D eigenvalue weighted by molar-refractivity contribution is 5.79. The van der Waals surface area contributed by atoms with Gasteiger partial charge in [0.2, 0.25) is 0 Å². The SMILES string of the molecule is CC(C)N(C)C(C)c1nc2cc(C#Cc3ccccn3)ccc2c(=O)n1C. The highest BCUT2D eigenvalue weighted by atomic mass is 16.1. The van der Waals surface area contributed by atoms with Gasteiger partial charge in [0, 0.05) is 24.8 Å². The summed E-state index contributed by atoms with van der Waals surface area (Å²) in [6.45, 7) is 6.32. The summed E-state index contributed by atoms with van der Waals surface area (Å²) in [4.78, 5) is 24.0. The molecule has 27 heavy (non-hydrogen) atoms. The van der Waals surface area contributed by atoms with Crippen LogP contribution in [0.15, 0.2) is 47.4 Å². The quantitative estimate of drug-likeness (QED) is 0.674. The van der Waals surface area contributed by atoms with E-state index in [1.807, 2.05) is 37.4 Å². The summed E-state index contributed by atoms with van der Waals surface area (Å²) < 4.78 is 1.64. The molecule has 0 fully saturated rings. The Labute approximate surface area is 159 Å². The van der Waals surface area contributed by atoms with Gasteiger partial charge < -0.3 is 0 Å². The first-order chi connectivity index (χ1) is 12.9. The molecule has 0 saturated heterocycles. The molecule has 2 aromatic heterocycles. The van der Waals surface area contributed by atoms with Crippen molar-refractivity contribution in [3.05, 3.63) is 70.0 Å². The predicted molar refractivity (Wildman–Crippen MR) is 109 cm³/mol. The van der Waals surface area contributed by atoms with E-state index in [9.17, 15) is 4.79 Å². The van der Waals surface area contributed by atoms with Gasteiger partial charge in [-0.2, -0.15) is 0 Å². The van der Waals surface area contributed by atoms with Crippen LogP contribution in [0.4, 0.5) is 0 Å². The van der Waals surface area contributed by atoms with Crippen molar-refractivity contribution in [1.29, 1.82) is 0 Å². The molecule has 0 aliphatic carbocycles. The van der Waals surface area contributed by atoms with Gasteiger partial charge >= 0.3 is 0 Å². The van der Waals surface area contributed by atoms with Crippen molar-refractivity contribution in [2.24, 2.45) is 7.05 Å². The summed E-state index contributed by atoms with van der Waals surface area (Å²) in [5, 5.41) is 0.601. The fourth-order valence-corrected chi connectivity index (χ4v) is 2.94. The molecule has 1 aromatic carbocycles. The first-order valence-corrected chi connectivity index (χ1v) is 9.04. The number of hydrogen-bond acceptors (Lipinski definition) is 4. The molecule has 0 radical (unpaired) electrons. The lowest BCUT2D eigenvalue weighted by Crippen LogP contribution is -2.34. The molecule has 0 saturated carbocycles. The van der Waals surface area contributed by atoms with Crippen molar-refractivity contribution in [2.75, 3.05) is 7.05 Å². The second-order valence-electron chi connectivity index (χ2n) is 6.97. The maximum atomic E-state index is 12.8. The minimum atomic E-state index is -0.0387. The Morgan fingerprint density at radius 3 is 2.56 bits per heavy atom. The van der Waals surface area contributed by atoms with Gasteiger partial charge in [-0.05, 0) is 64.1 Å². The zero-order valence-electron chi connectivity index (χ0n) is 16.4. The lowest BCUT2D eigenvalue weighted by atomic mass is 10.1. The van der Waals surface area contributed by atoms with Gasteiger partial charge in [0.25, 0.3) is 5.56 Å². The maximum absolute atomic E-state index is 12.8. The first-order valence-electron chi connectivity index (χ1n) is 9.04. The standard InChI is InChI=1S/C22H24N4O/c1-15(2)25(4)16(3)21-24-20-14-17(9-11-18-8-6-7-13-23-18)10-12-19(20)22(27)26(21)5/h6-8,10,12-16H,1-5H3. The zero-order valence-corrected chi connectivity index (χ0v) is 16.4. The van der Waals surface area contributed by atoms with Crippen LogP contribution < -0.4 is 5.56 Å². The number of pyridine rings is 1. The lowest BCUT2D eigenvalue weighted by molar-refractivity contribution is 0.199. The van der Waals surface area contributed by atoms with E-state index < -0.39 is 0 Å². The molecule has 0 N–H and O–H groups in total. The molecule has 1 unspecified atom stereocenters. The lowest BCUT2D eigenvalue weighted by Gasteiger charge is -2.29. The van der Waals surface area contributed by atoms with Crippen LogP contribution in [0.3, 0.4) is 0 Å². The number of rotatable bonds is 3. The van der Waals surface area contributed by atoms with Gasteiger partial charge in [0.05, 0.1) is 16.9 Å². The Morgan fingerprint density at radius 1 is 1.11 bits per heavy atom. The molecule has 138 valence electrons. The largest absolute Gasteiger partial charge is 0.298 e. The average molecular weight is 360 g/mol. The summed E-state index contributed by atoms with van der Waals surface area (Å²) in [7, 11) is 3.82. The van der Waals surface area contributed by atoms with E-state index in [-0.39, 0.29) is 11.6 Å². The highest BCUT2D eigenvalue weighted by Crippen LogP contribution is 2.20. The van der Waals surface area contributed by atoms with Crippen LogP contribution >= 0.6 is 0 Å². The minimum Gasteiger partial charge on any atom is -0.298 e. The Hall–Kier alpha value is -2.97. The molecular formula is C22H24N4O. The van der Waals surface area contributed by atoms with E-state index in [2.05, 4.69) is 42.5 Å². The monoisotopic (exact) mass is 360 g/mol. The van der Waals surface area contributed by atoms with Gasteiger partial charge in [-0.1, -0.05) is 12.0 Å². The molecule has 0 spiro atoms. The number of fused-ring (bicyclic) bond motifs is 1. The molecule has 0 aliphatic heterocycles. The van der Waals surface area contributed by atoms with Gasteiger partial charge in [0.15, 0.2) is 0 Å². The topological polar surface area (TPSA) is 51.0 Å². The number of aromatic nitrogens is 3. The maximum Gasteiger partial charge on any atom is 0.261 e. The fraction of sp³-hybridized carbons (Fsp3) is 0.318. The molecule has 1 atom stereocenters. The van der Waals surface area contributed by atoms with E-state index >= 15 is 0 Å². The van der Waals surface area contributed by atoms with Crippen LogP contribution in [0.25, 0.3) is 10.9 Å². The summed E-state index contributed by atoms with van der Waals surface area (Å²) in [6, 6.07) is 11.5. The van der Waals surface area contributed by atoms with Crippen molar-refractivity contribution in [3.8, 4) is 11.8 Å². The van der Waals surface area contributed by atoms with Crippen LogP contribution in [-0.2, 0) is 7.05 Å². The van der Waals surface area contributed by atoms with Gasteiger partial charge in [-0.25, -0.2) is 9.97 Å². The number of nitrogens with zero attached hydrogens (tertiary/aromatic N) is 4. The van der Waals surface area contributed by atoms with Crippen molar-refractivity contribution in [1.82, 2.24) is 19.4 Å². The smallest absolute Gasteiger partial charge is 0.261 e. The fourth-order valence-electron chi connectivity index (χ4n) is 2.94. The summed E-state index contributed by atoms with van der Waals surface area (Å²) in [6.07, 6.45) is 1.72. The second-order valence-corrected chi connectivity index (χ2v) is 6.97. The minimum absolute atomic E-state index is 0.0235. The number of hydrogen-bond donors (Lipinski definition) is 0. The Bertz CT molecular complexity index is 1070. The van der Waals surface area contributed by atoms with Crippen LogP contribution in [0.5, 0.6) is 0 Å². The third-order valence-corrected chi connectivity index (χ3v) is 4.91. The molecule has 0 bridgehead atoms. The predicted octanol–water partition coefficient (Wildman–Crippen LogP) is 3.13. The summed E-state index contributed by atoms with van der Waals surface area (Å²) >= 11 is 0. The van der Waals surface area contributed by atoms with E-state index in [1.165, 1.54) is 0 Å². The average Bonchev–Trinajstić information content (AvgIpc) is 2.68. The highest BCUT2D eigenvalue weighted by Gasteiger charge is 2.20. The van der Waals surface area contributed by atoms with Crippen LogP contribution in [0.1, 0.15) is 43.9 Å². The van der Waals surface area contributed by atoms with E-state index in [0.717, 1.165) is 11.4 Å². The normalized spacial score (nSPS) is 12.3. The summed E-state index contributed by atoms with van der Waals surface area (Å²) in [5.41, 5.74) is 2.15. The third kappa shape index (κ3) is 3.91. The Morgan fingerprint density at radius 2 is 1.89 bits per heavy atom. The van der Waals surface area contributed by atoms with Crippen molar-refractivity contribution < 1.29 is 0 Å². The van der Waals surface area contributed by atoms with Crippen LogP contribution in [0, 0.1) is 11.8 Å². The van der Waals surface area contributed by atoms with Gasteiger partial charge in [-0.15, -0.1) is 0 Å². The zero-order chi connectivity index (χ0) is 19.6. The molecule has 2 heterocycles. The van der Waals surface area contributed by atoms with Crippen molar-refractivity contribution >= 4 is 10.9 Å². The van der Waals surface area contributed by atoms with Gasteiger partial charge in [0.1, 0.15) is 11.5 Å². The van der Waals surface area contributed by atoms with E-state index in [1.54, 1.807) is 23.9 Å². The first kappa shape index (κ1) is 18.8. The van der Waals surface area contributed by atoms with Crippen LogP contribution in [0.2, 0.25) is 0 Å². The second kappa shape index (κ2) is 7.73. The molecule has 5 heteroatoms. The molecular weight excluding hydrogens is 336 g/mol. The van der Waals surface area contributed by atoms with E-state index in [0.29, 0.717) is 22.6 Å². The molecule has 0 aliphatic rings. The Balaban J connectivity index is 2.07. The summed E-state index contributed by atoms with van der Waals surface area (Å²) in [5.74, 6) is 6.90. The van der Waals surface area contributed by atoms with Crippen molar-refractivity contribution in [3.63, 3.8) is 0 Å². The van der Waals surface area contributed by atoms with E-state index in [4.69, 9.17) is 4.98 Å². The number of benzene rings is 1. The third-order valence-electron chi connectivity index (χ3n) is 4.91. The Kier molecular flexibility index (Phi) is 5.38. The molecule has 3 aromatic rings. The molecule has 3 rings (SSSR count). The van der Waals surface area contributed by atoms with Crippen LogP contribution in [-0.4, -0.2) is 32.5 Å². The molecule has 0 amide bonds. The van der Waals surface area contributed by atoms with Gasteiger partial charge in [-0.3, -0.25) is 14.3 Å².